The quantitative estimate of drug-likeness (QED) is 0.489. The Labute approximate surface area is 86.1 Å². The van der Waals surface area contributed by atoms with Crippen molar-refractivity contribution in [3.8, 4) is 0 Å². The van der Waals surface area contributed by atoms with E-state index >= 15 is 0 Å². The first kappa shape index (κ1) is 13.1. The molecule has 0 aliphatic carbocycles. The van der Waals surface area contributed by atoms with Crippen LogP contribution < -0.4 is 0 Å². The van der Waals surface area contributed by atoms with Crippen LogP contribution in [0.3, 0.4) is 0 Å². The Morgan fingerprint density at radius 2 is 1.46 bits per heavy atom. The number of rotatable bonds is 5. The molecule has 13 heavy (non-hydrogen) atoms. The van der Waals surface area contributed by atoms with Crippen molar-refractivity contribution in [3.05, 3.63) is 0 Å². The highest BCUT2D eigenvalue weighted by Crippen LogP contribution is 2.32. The zero-order valence-electron chi connectivity index (χ0n) is 10.4. The summed E-state index contributed by atoms with van der Waals surface area (Å²) in [6, 6.07) is 1.39. The van der Waals surface area contributed by atoms with Gasteiger partial charge in [-0.15, -0.1) is 0 Å². The first-order chi connectivity index (χ1) is 5.83. The van der Waals surface area contributed by atoms with Gasteiger partial charge in [-0.1, -0.05) is 26.8 Å². The Morgan fingerprint density at radius 1 is 1.08 bits per heavy atom. The largest absolute Gasteiger partial charge is 0.294 e. The molecular formula is C10H26N2Si. The summed E-state index contributed by atoms with van der Waals surface area (Å²) in [5, 5.41) is 0.502. The van der Waals surface area contributed by atoms with Crippen LogP contribution in [0.1, 0.15) is 20.8 Å². The minimum atomic E-state index is 0.0333. The standard InChI is InChI=1S/C10H26N2Si/c1-8-13-10(2,3)9(11(4)5)12(6)7/h9H,8,13H2,1-7H3. The normalized spacial score (nSPS) is 14.3. The zero-order chi connectivity index (χ0) is 10.6. The summed E-state index contributed by atoms with van der Waals surface area (Å²) in [4.78, 5) is 4.67. The van der Waals surface area contributed by atoms with E-state index in [4.69, 9.17) is 0 Å². The van der Waals surface area contributed by atoms with Gasteiger partial charge in [-0.3, -0.25) is 9.80 Å². The van der Waals surface area contributed by atoms with E-state index in [1.54, 1.807) is 0 Å². The Kier molecular flexibility index (Phi) is 5.18. The van der Waals surface area contributed by atoms with E-state index < -0.39 is 0 Å². The van der Waals surface area contributed by atoms with Crippen LogP contribution >= 0.6 is 0 Å². The van der Waals surface area contributed by atoms with Gasteiger partial charge in [-0.25, -0.2) is 0 Å². The molecule has 0 saturated heterocycles. The third-order valence-corrected chi connectivity index (χ3v) is 4.73. The molecule has 0 aromatic rings. The number of nitrogens with zero attached hydrogens (tertiary/aromatic N) is 2. The molecule has 0 N–H and O–H groups in total. The molecule has 0 heterocycles. The van der Waals surface area contributed by atoms with Gasteiger partial charge in [0.15, 0.2) is 0 Å². The minimum absolute atomic E-state index is 0.0333. The molecule has 0 unspecified atom stereocenters. The fourth-order valence-electron chi connectivity index (χ4n) is 2.63. The third-order valence-electron chi connectivity index (χ3n) is 2.57. The van der Waals surface area contributed by atoms with Crippen LogP contribution in [0.25, 0.3) is 0 Å². The molecule has 80 valence electrons. The lowest BCUT2D eigenvalue weighted by Crippen LogP contribution is -2.49. The van der Waals surface area contributed by atoms with Crippen molar-refractivity contribution < 1.29 is 0 Å². The minimum Gasteiger partial charge on any atom is -0.294 e. The van der Waals surface area contributed by atoms with Gasteiger partial charge in [0.25, 0.3) is 0 Å². The summed E-state index contributed by atoms with van der Waals surface area (Å²) in [5.74, 6) is 0. The monoisotopic (exact) mass is 202 g/mol. The summed E-state index contributed by atoms with van der Waals surface area (Å²) in [6.45, 7) is 7.14. The number of hydrogen-bond acceptors (Lipinski definition) is 2. The van der Waals surface area contributed by atoms with Gasteiger partial charge >= 0.3 is 0 Å². The molecule has 0 rings (SSSR count). The molecule has 0 spiro atoms. The SMILES string of the molecule is CC[SiH2]C(C)(C)C(N(C)C)N(C)C. The topological polar surface area (TPSA) is 6.48 Å². The van der Waals surface area contributed by atoms with Gasteiger partial charge in [0.2, 0.25) is 0 Å². The van der Waals surface area contributed by atoms with E-state index in [-0.39, 0.29) is 9.52 Å². The Bertz CT molecular complexity index is 136. The maximum Gasteiger partial charge on any atom is 0.0634 e. The van der Waals surface area contributed by atoms with E-state index in [0.29, 0.717) is 11.2 Å². The van der Waals surface area contributed by atoms with E-state index in [2.05, 4.69) is 58.8 Å². The van der Waals surface area contributed by atoms with Crippen molar-refractivity contribution >= 4 is 9.52 Å². The highest BCUT2D eigenvalue weighted by molar-refractivity contribution is 6.39. The molecule has 0 atom stereocenters. The second kappa shape index (κ2) is 5.13. The molecule has 2 nitrogen and oxygen atoms in total. The number of hydrogen-bond donors (Lipinski definition) is 0. The fraction of sp³-hybridized carbons (Fsp3) is 1.00. The van der Waals surface area contributed by atoms with Crippen LogP contribution in [0, 0.1) is 0 Å². The summed E-state index contributed by atoms with van der Waals surface area (Å²) in [7, 11) is 8.74. The van der Waals surface area contributed by atoms with Crippen molar-refractivity contribution in [1.29, 1.82) is 0 Å². The highest BCUT2D eigenvalue weighted by atomic mass is 28.2. The smallest absolute Gasteiger partial charge is 0.0634 e. The lowest BCUT2D eigenvalue weighted by Gasteiger charge is -2.42. The predicted molar refractivity (Wildman–Crippen MR) is 64.2 cm³/mol. The fourth-order valence-corrected chi connectivity index (χ4v) is 4.91. The second-order valence-electron chi connectivity index (χ2n) is 5.04. The molecule has 0 aromatic carbocycles. The lowest BCUT2D eigenvalue weighted by atomic mass is 10.1. The van der Waals surface area contributed by atoms with Crippen LogP contribution in [-0.4, -0.2) is 53.7 Å². The summed E-state index contributed by atoms with van der Waals surface area (Å²) in [6.07, 6.45) is 0.583. The van der Waals surface area contributed by atoms with Gasteiger partial charge in [-0.2, -0.15) is 0 Å². The van der Waals surface area contributed by atoms with Gasteiger partial charge in [0.05, 0.1) is 6.17 Å². The maximum absolute atomic E-state index is 2.41. The molecule has 0 saturated carbocycles. The molecule has 0 aromatic heterocycles. The Balaban J connectivity index is 4.52. The lowest BCUT2D eigenvalue weighted by molar-refractivity contribution is 0.0924. The molecule has 0 aliphatic rings. The zero-order valence-corrected chi connectivity index (χ0v) is 11.8. The average molecular weight is 202 g/mol. The van der Waals surface area contributed by atoms with Crippen molar-refractivity contribution in [2.45, 2.75) is 38.0 Å². The first-order valence-electron chi connectivity index (χ1n) is 5.15. The van der Waals surface area contributed by atoms with Crippen LogP contribution in [0.2, 0.25) is 11.1 Å². The van der Waals surface area contributed by atoms with E-state index in [9.17, 15) is 0 Å². The van der Waals surface area contributed by atoms with Crippen molar-refractivity contribution in [2.24, 2.45) is 0 Å². The summed E-state index contributed by atoms with van der Waals surface area (Å²) in [5.41, 5.74) is 0. The maximum atomic E-state index is 2.41. The van der Waals surface area contributed by atoms with Gasteiger partial charge in [-0.05, 0) is 33.2 Å². The highest BCUT2D eigenvalue weighted by Gasteiger charge is 2.31. The summed E-state index contributed by atoms with van der Waals surface area (Å²) < 4.78 is 0. The Morgan fingerprint density at radius 3 is 1.69 bits per heavy atom. The third kappa shape index (κ3) is 3.79. The molecule has 0 bridgehead atoms. The molecule has 0 amide bonds. The molecular weight excluding hydrogens is 176 g/mol. The molecule has 3 heteroatoms. The van der Waals surface area contributed by atoms with Gasteiger partial charge < -0.3 is 0 Å². The average Bonchev–Trinajstić information content (AvgIpc) is 1.82. The van der Waals surface area contributed by atoms with Crippen LogP contribution in [0.15, 0.2) is 0 Å². The van der Waals surface area contributed by atoms with Crippen LogP contribution in [-0.2, 0) is 0 Å². The molecule has 0 aliphatic heterocycles. The van der Waals surface area contributed by atoms with E-state index in [1.807, 2.05) is 0 Å². The molecule has 0 fully saturated rings. The van der Waals surface area contributed by atoms with Crippen molar-refractivity contribution in [1.82, 2.24) is 9.80 Å². The van der Waals surface area contributed by atoms with Crippen molar-refractivity contribution in [2.75, 3.05) is 28.2 Å². The van der Waals surface area contributed by atoms with Gasteiger partial charge in [0, 0.05) is 9.52 Å². The Hall–Kier alpha value is 0.137. The van der Waals surface area contributed by atoms with Gasteiger partial charge in [0.1, 0.15) is 0 Å². The second-order valence-corrected chi connectivity index (χ2v) is 8.36. The van der Waals surface area contributed by atoms with Crippen LogP contribution in [0.4, 0.5) is 0 Å². The molecule has 0 radical (unpaired) electrons. The first-order valence-corrected chi connectivity index (χ1v) is 6.86. The van der Waals surface area contributed by atoms with Crippen LogP contribution in [0.5, 0.6) is 0 Å². The van der Waals surface area contributed by atoms with E-state index in [0.717, 1.165) is 0 Å². The van der Waals surface area contributed by atoms with Crippen molar-refractivity contribution in [3.63, 3.8) is 0 Å². The van der Waals surface area contributed by atoms with E-state index in [1.165, 1.54) is 6.04 Å². The predicted octanol–water partition coefficient (Wildman–Crippen LogP) is 1.24. The summed E-state index contributed by atoms with van der Waals surface area (Å²) >= 11 is 0.